The van der Waals surface area contributed by atoms with Crippen LogP contribution >= 0.6 is 11.8 Å². The number of hydrogen-bond donors (Lipinski definition) is 4. The van der Waals surface area contributed by atoms with Crippen LogP contribution < -0.4 is 21.7 Å². The van der Waals surface area contributed by atoms with E-state index in [9.17, 15) is 27.6 Å². The highest BCUT2D eigenvalue weighted by atomic mass is 32.2. The number of para-hydroxylation sites is 1. The Labute approximate surface area is 301 Å². The normalized spacial score (nSPS) is 11.9. The number of carbonyl (C=O) groups is 3. The molecule has 0 atom stereocenters. The maximum absolute atomic E-state index is 13.0. The Balaban J connectivity index is 1.31. The minimum atomic E-state index is -4.44. The first kappa shape index (κ1) is 38.6. The summed E-state index contributed by atoms with van der Waals surface area (Å²) in [6.45, 7) is 3.35. The zero-order valence-electron chi connectivity index (χ0n) is 27.9. The number of amides is 3. The van der Waals surface area contributed by atoms with E-state index in [1.54, 1.807) is 36.4 Å². The maximum Gasteiger partial charge on any atom is 0.416 e. The summed E-state index contributed by atoms with van der Waals surface area (Å²) in [6.07, 6.45) is -4.10. The molecule has 0 heterocycles. The second kappa shape index (κ2) is 18.7. The number of halogens is 3. The topological polar surface area (TPSA) is 169 Å². The van der Waals surface area contributed by atoms with Gasteiger partial charge in [0, 0.05) is 11.3 Å². The molecule has 3 amide bonds. The predicted molar refractivity (Wildman–Crippen MR) is 195 cm³/mol. The quantitative estimate of drug-likeness (QED) is 0.0541. The number of amidine groups is 2. The fourth-order valence-corrected chi connectivity index (χ4v) is 4.88. The Morgan fingerprint density at radius 3 is 2.19 bits per heavy atom. The third kappa shape index (κ3) is 12.6. The van der Waals surface area contributed by atoms with Crippen LogP contribution in [0.4, 0.5) is 39.8 Å². The van der Waals surface area contributed by atoms with Gasteiger partial charge in [-0.25, -0.2) is 24.6 Å². The highest BCUT2D eigenvalue weighted by Gasteiger charge is 2.29. The minimum absolute atomic E-state index is 0.0440. The number of alkyl halides is 3. The number of nitrogens with zero attached hydrogens (tertiary/aromatic N) is 3. The molecule has 270 valence electrons. The van der Waals surface area contributed by atoms with Gasteiger partial charge in [0.1, 0.15) is 31.3 Å². The standard InChI is InChI=1S/C36H34F3N7O5S/c1-23-7-6-8-24(2)31(23)45-34(52-22-51-30(47)19-41-35(49)50-20-25-9-4-3-5-10-25)46-33(48)44-29-15-11-26(12-16-29)32(40)43-21-42-28-17-13-27(14-18-28)36(37,38)39/h3-18,21H,19-20,22H2,1-2H3,(H,41,49)(H2,40,42,43)(H2,44,45,46,48). The summed E-state index contributed by atoms with van der Waals surface area (Å²) < 4.78 is 48.5. The highest BCUT2D eigenvalue weighted by molar-refractivity contribution is 8.13. The van der Waals surface area contributed by atoms with Gasteiger partial charge in [-0.2, -0.15) is 13.2 Å². The SMILES string of the molecule is Cc1cccc(C)c1N=C(NC(=O)Nc1ccc(C(N)=NC=Nc2ccc(C(F)(F)F)cc2)cc1)SCOC(=O)CNC(=O)OCc1ccccc1. The van der Waals surface area contributed by atoms with E-state index in [0.29, 0.717) is 16.9 Å². The van der Waals surface area contributed by atoms with Gasteiger partial charge in [-0.3, -0.25) is 10.1 Å². The molecule has 4 rings (SSSR count). The first-order valence-corrected chi connectivity index (χ1v) is 16.5. The lowest BCUT2D eigenvalue weighted by atomic mass is 10.1. The number of anilines is 1. The smallest absolute Gasteiger partial charge is 0.416 e. The lowest BCUT2D eigenvalue weighted by molar-refractivity contribution is -0.140. The van der Waals surface area contributed by atoms with Crippen molar-refractivity contribution < 1.29 is 37.0 Å². The van der Waals surface area contributed by atoms with Gasteiger partial charge in [0.15, 0.2) is 5.17 Å². The van der Waals surface area contributed by atoms with E-state index in [0.717, 1.165) is 46.9 Å². The van der Waals surface area contributed by atoms with Crippen LogP contribution in [-0.2, 0) is 27.1 Å². The summed E-state index contributed by atoms with van der Waals surface area (Å²) in [5.74, 6) is -0.868. The van der Waals surface area contributed by atoms with E-state index in [1.165, 1.54) is 12.1 Å². The molecule has 0 aliphatic rings. The lowest BCUT2D eigenvalue weighted by Crippen LogP contribution is -2.33. The summed E-state index contributed by atoms with van der Waals surface area (Å²) in [6, 6.07) is 24.7. The molecule has 0 saturated carbocycles. The average Bonchev–Trinajstić information content (AvgIpc) is 3.12. The van der Waals surface area contributed by atoms with E-state index >= 15 is 0 Å². The number of esters is 1. The van der Waals surface area contributed by atoms with Crippen LogP contribution in [0.3, 0.4) is 0 Å². The molecule has 16 heteroatoms. The summed E-state index contributed by atoms with van der Waals surface area (Å²) in [5.41, 5.74) is 9.53. The fraction of sp³-hybridized carbons (Fsp3) is 0.167. The second-order valence-electron chi connectivity index (χ2n) is 10.8. The summed E-state index contributed by atoms with van der Waals surface area (Å²) in [7, 11) is 0. The minimum Gasteiger partial charge on any atom is -0.453 e. The van der Waals surface area contributed by atoms with Crippen molar-refractivity contribution in [3.8, 4) is 0 Å². The number of aryl methyl sites for hydroxylation is 2. The van der Waals surface area contributed by atoms with Crippen molar-refractivity contribution in [2.24, 2.45) is 20.7 Å². The van der Waals surface area contributed by atoms with Crippen molar-refractivity contribution in [3.63, 3.8) is 0 Å². The van der Waals surface area contributed by atoms with Crippen molar-refractivity contribution in [2.75, 3.05) is 17.8 Å². The monoisotopic (exact) mass is 733 g/mol. The second-order valence-corrected chi connectivity index (χ2v) is 11.7. The molecule has 0 unspecified atom stereocenters. The molecule has 4 aromatic rings. The third-order valence-electron chi connectivity index (χ3n) is 6.92. The fourth-order valence-electron chi connectivity index (χ4n) is 4.25. The van der Waals surface area contributed by atoms with Crippen LogP contribution in [0.25, 0.3) is 0 Å². The first-order valence-electron chi connectivity index (χ1n) is 15.5. The van der Waals surface area contributed by atoms with Crippen LogP contribution in [0.2, 0.25) is 0 Å². The van der Waals surface area contributed by atoms with Gasteiger partial charge in [-0.1, -0.05) is 48.5 Å². The van der Waals surface area contributed by atoms with Crippen LogP contribution in [-0.4, -0.2) is 47.9 Å². The van der Waals surface area contributed by atoms with Crippen molar-refractivity contribution in [1.29, 1.82) is 0 Å². The molecule has 0 bridgehead atoms. The number of nitrogens with two attached hydrogens (primary N) is 1. The Morgan fingerprint density at radius 2 is 1.54 bits per heavy atom. The molecule has 4 aromatic carbocycles. The van der Waals surface area contributed by atoms with Crippen LogP contribution in [0.15, 0.2) is 112 Å². The van der Waals surface area contributed by atoms with E-state index < -0.39 is 36.4 Å². The van der Waals surface area contributed by atoms with Crippen molar-refractivity contribution in [1.82, 2.24) is 10.6 Å². The molecule has 0 aliphatic heterocycles. The highest BCUT2D eigenvalue weighted by Crippen LogP contribution is 2.30. The van der Waals surface area contributed by atoms with E-state index in [1.807, 2.05) is 50.2 Å². The Bertz CT molecular complexity index is 1920. The molecule has 0 spiro atoms. The number of carbonyl (C=O) groups excluding carboxylic acids is 3. The first-order chi connectivity index (χ1) is 24.9. The Morgan fingerprint density at radius 1 is 0.865 bits per heavy atom. The molecular weight excluding hydrogens is 700 g/mol. The molecule has 12 nitrogen and oxygen atoms in total. The third-order valence-corrected chi connectivity index (χ3v) is 7.62. The largest absolute Gasteiger partial charge is 0.453 e. The molecular formula is C36H34F3N7O5S. The van der Waals surface area contributed by atoms with Gasteiger partial charge in [0.2, 0.25) is 0 Å². The lowest BCUT2D eigenvalue weighted by Gasteiger charge is -2.13. The number of thioether (sulfide) groups is 1. The van der Waals surface area contributed by atoms with Gasteiger partial charge < -0.3 is 25.8 Å². The van der Waals surface area contributed by atoms with Crippen molar-refractivity contribution >= 4 is 64.3 Å². The Kier molecular flexibility index (Phi) is 13.9. The summed E-state index contributed by atoms with van der Waals surface area (Å²) in [5, 5.41) is 7.83. The van der Waals surface area contributed by atoms with Crippen molar-refractivity contribution in [2.45, 2.75) is 26.6 Å². The van der Waals surface area contributed by atoms with Crippen LogP contribution in [0, 0.1) is 13.8 Å². The molecule has 0 aliphatic carbocycles. The molecule has 0 fully saturated rings. The zero-order valence-corrected chi connectivity index (χ0v) is 28.8. The molecule has 0 saturated heterocycles. The number of aliphatic imine (C=N–C) groups is 3. The van der Waals surface area contributed by atoms with E-state index in [-0.39, 0.29) is 29.2 Å². The number of urea groups is 1. The number of rotatable bonds is 11. The molecule has 5 N–H and O–H groups in total. The predicted octanol–water partition coefficient (Wildman–Crippen LogP) is 7.36. The maximum atomic E-state index is 13.0. The van der Waals surface area contributed by atoms with Gasteiger partial charge >= 0.3 is 24.3 Å². The molecule has 0 radical (unpaired) electrons. The van der Waals surface area contributed by atoms with Gasteiger partial charge in [-0.15, -0.1) is 0 Å². The molecule has 52 heavy (non-hydrogen) atoms. The summed E-state index contributed by atoms with van der Waals surface area (Å²) >= 11 is 0.953. The average molecular weight is 734 g/mol. The number of nitrogens with one attached hydrogen (secondary N) is 3. The summed E-state index contributed by atoms with van der Waals surface area (Å²) in [4.78, 5) is 49.8. The Hall–Kier alpha value is -6.16. The number of alkyl carbamates (subject to hydrolysis) is 1. The van der Waals surface area contributed by atoms with E-state index in [4.69, 9.17) is 15.2 Å². The number of hydrogen-bond acceptors (Lipinski definition) is 8. The van der Waals surface area contributed by atoms with Crippen molar-refractivity contribution in [3.05, 3.63) is 125 Å². The van der Waals surface area contributed by atoms with Crippen LogP contribution in [0.1, 0.15) is 27.8 Å². The van der Waals surface area contributed by atoms with Crippen LogP contribution in [0.5, 0.6) is 0 Å². The van der Waals surface area contributed by atoms with Gasteiger partial charge in [0.05, 0.1) is 16.9 Å². The molecule has 0 aromatic heterocycles. The van der Waals surface area contributed by atoms with E-state index in [2.05, 4.69) is 30.9 Å². The number of ether oxygens (including phenoxy) is 2. The van der Waals surface area contributed by atoms with Gasteiger partial charge in [-0.05, 0) is 90.8 Å². The number of benzene rings is 4. The van der Waals surface area contributed by atoms with Gasteiger partial charge in [0.25, 0.3) is 0 Å². The zero-order chi connectivity index (χ0) is 37.5.